The summed E-state index contributed by atoms with van der Waals surface area (Å²) in [5.41, 5.74) is 2.31. The smallest absolute Gasteiger partial charge is 0.338 e. The molecule has 0 radical (unpaired) electrons. The molecular weight excluding hydrogens is 502 g/mol. The summed E-state index contributed by atoms with van der Waals surface area (Å²) in [5.74, 6) is -1.17. The lowest BCUT2D eigenvalue weighted by Crippen LogP contribution is -2.33. The highest BCUT2D eigenvalue weighted by molar-refractivity contribution is 6.30. The Balaban J connectivity index is 1.15. The van der Waals surface area contributed by atoms with Crippen LogP contribution in [0.15, 0.2) is 78.9 Å². The monoisotopic (exact) mass is 527 g/mol. The van der Waals surface area contributed by atoms with Crippen LogP contribution in [0.25, 0.3) is 0 Å². The number of fused-ring (bicyclic) bond motifs is 5. The van der Waals surface area contributed by atoms with Gasteiger partial charge in [-0.05, 0) is 91.6 Å². The third kappa shape index (κ3) is 4.04. The van der Waals surface area contributed by atoms with E-state index in [1.165, 1.54) is 29.5 Å². The standard InChI is InChI=1S/C31H26ClNO5/c1-17(28(34)19-7-11-22(32)12-8-19)38-31(37)20-9-13-23(14-10-20)33-29(35)26-21-15-24(18-5-3-2-4-6-18)25(16-21)27(26)30(33)36/h2-14,17,21,24-27H,15-16H2,1H3/t17-,21-,24+,25-,26+,27+/m1/s1. The van der Waals surface area contributed by atoms with Crippen molar-refractivity contribution in [1.82, 2.24) is 0 Å². The number of Topliss-reactive ketones (excluding diaryl/α,β-unsaturated/α-hetero) is 1. The third-order valence-electron chi connectivity index (χ3n) is 8.39. The fourth-order valence-electron chi connectivity index (χ4n) is 6.67. The number of imide groups is 1. The average molecular weight is 528 g/mol. The van der Waals surface area contributed by atoms with Gasteiger partial charge in [0.1, 0.15) is 0 Å². The molecule has 6 rings (SSSR count). The number of rotatable bonds is 6. The first-order valence-electron chi connectivity index (χ1n) is 12.9. The van der Waals surface area contributed by atoms with Gasteiger partial charge in [-0.1, -0.05) is 41.9 Å². The van der Waals surface area contributed by atoms with Gasteiger partial charge in [-0.2, -0.15) is 0 Å². The van der Waals surface area contributed by atoms with Crippen molar-refractivity contribution in [3.05, 3.63) is 101 Å². The van der Waals surface area contributed by atoms with Crippen LogP contribution in [-0.2, 0) is 14.3 Å². The van der Waals surface area contributed by atoms with Crippen molar-refractivity contribution in [2.24, 2.45) is 23.7 Å². The summed E-state index contributed by atoms with van der Waals surface area (Å²) >= 11 is 5.87. The van der Waals surface area contributed by atoms with Crippen LogP contribution in [0.2, 0.25) is 5.02 Å². The molecule has 0 aromatic heterocycles. The zero-order chi connectivity index (χ0) is 26.6. The number of ether oxygens (including phenoxy) is 1. The van der Waals surface area contributed by atoms with E-state index in [1.54, 1.807) is 36.4 Å². The van der Waals surface area contributed by atoms with Gasteiger partial charge in [0.25, 0.3) is 0 Å². The highest BCUT2D eigenvalue weighted by atomic mass is 35.5. The molecule has 0 N–H and O–H groups in total. The van der Waals surface area contributed by atoms with Crippen LogP contribution in [0.3, 0.4) is 0 Å². The number of ketones is 1. The summed E-state index contributed by atoms with van der Waals surface area (Å²) in [7, 11) is 0. The molecule has 3 aliphatic rings. The number of carbonyl (C=O) groups excluding carboxylic acids is 4. The van der Waals surface area contributed by atoms with Crippen molar-refractivity contribution in [1.29, 1.82) is 0 Å². The Bertz CT molecular complexity index is 1420. The quantitative estimate of drug-likeness (QED) is 0.233. The predicted octanol–water partition coefficient (Wildman–Crippen LogP) is 5.70. The molecule has 0 spiro atoms. The minimum atomic E-state index is -0.988. The molecule has 3 aromatic carbocycles. The molecule has 2 aliphatic carbocycles. The Hall–Kier alpha value is -3.77. The second-order valence-electron chi connectivity index (χ2n) is 10.4. The van der Waals surface area contributed by atoms with Crippen molar-refractivity contribution >= 4 is 40.9 Å². The van der Waals surface area contributed by atoms with Crippen LogP contribution in [0.1, 0.15) is 52.0 Å². The maximum absolute atomic E-state index is 13.5. The van der Waals surface area contributed by atoms with E-state index in [4.69, 9.17) is 16.3 Å². The molecule has 3 aromatic rings. The summed E-state index contributed by atoms with van der Waals surface area (Å²) < 4.78 is 5.37. The summed E-state index contributed by atoms with van der Waals surface area (Å²) in [4.78, 5) is 53.5. The van der Waals surface area contributed by atoms with E-state index in [2.05, 4.69) is 12.1 Å². The molecule has 192 valence electrons. The summed E-state index contributed by atoms with van der Waals surface area (Å²) in [6.07, 6.45) is 0.857. The number of esters is 1. The molecule has 6 atom stereocenters. The lowest BCUT2D eigenvalue weighted by molar-refractivity contribution is -0.123. The number of anilines is 1. The van der Waals surface area contributed by atoms with Crippen LogP contribution >= 0.6 is 11.6 Å². The van der Waals surface area contributed by atoms with Crippen LogP contribution < -0.4 is 4.90 Å². The first-order chi connectivity index (χ1) is 18.3. The molecule has 38 heavy (non-hydrogen) atoms. The largest absolute Gasteiger partial charge is 0.451 e. The van der Waals surface area contributed by atoms with Gasteiger partial charge in [-0.15, -0.1) is 0 Å². The van der Waals surface area contributed by atoms with Crippen LogP contribution in [0.5, 0.6) is 0 Å². The van der Waals surface area contributed by atoms with Crippen molar-refractivity contribution in [3.63, 3.8) is 0 Å². The van der Waals surface area contributed by atoms with E-state index in [1.807, 2.05) is 18.2 Å². The summed E-state index contributed by atoms with van der Waals surface area (Å²) in [6, 6.07) is 22.8. The first-order valence-corrected chi connectivity index (χ1v) is 13.2. The predicted molar refractivity (Wildman–Crippen MR) is 142 cm³/mol. The Kier molecular flexibility index (Phi) is 6.15. The molecule has 2 amide bonds. The van der Waals surface area contributed by atoms with E-state index < -0.39 is 12.1 Å². The van der Waals surface area contributed by atoms with E-state index in [0.29, 0.717) is 22.2 Å². The number of carbonyl (C=O) groups is 4. The number of amides is 2. The highest BCUT2D eigenvalue weighted by Crippen LogP contribution is 2.61. The fraction of sp³-hybridized carbons (Fsp3) is 0.290. The van der Waals surface area contributed by atoms with Gasteiger partial charge in [0.15, 0.2) is 6.10 Å². The average Bonchev–Trinajstić information content (AvgIpc) is 3.60. The van der Waals surface area contributed by atoms with Crippen molar-refractivity contribution in [2.75, 3.05) is 4.90 Å². The zero-order valence-electron chi connectivity index (χ0n) is 20.8. The van der Waals surface area contributed by atoms with Crippen LogP contribution in [0.4, 0.5) is 5.69 Å². The third-order valence-corrected chi connectivity index (χ3v) is 8.64. The number of hydrogen-bond acceptors (Lipinski definition) is 5. The Morgan fingerprint density at radius 2 is 1.47 bits per heavy atom. The van der Waals surface area contributed by atoms with E-state index in [-0.39, 0.29) is 46.8 Å². The SMILES string of the molecule is C[C@@H](OC(=O)c1ccc(N2C(=O)[C@H]3[C@H]4C[C@@H]([C@@H]3C2=O)[C@H](c2ccccc2)C4)cc1)C(=O)c1ccc(Cl)cc1. The Labute approximate surface area is 225 Å². The Morgan fingerprint density at radius 1 is 0.842 bits per heavy atom. The number of nitrogens with zero attached hydrogens (tertiary/aromatic N) is 1. The first kappa shape index (κ1) is 24.6. The van der Waals surface area contributed by atoms with Gasteiger partial charge in [-0.3, -0.25) is 19.3 Å². The van der Waals surface area contributed by atoms with Crippen molar-refractivity contribution in [3.8, 4) is 0 Å². The molecule has 2 saturated carbocycles. The normalized spacial score (nSPS) is 26.4. The van der Waals surface area contributed by atoms with Gasteiger partial charge >= 0.3 is 5.97 Å². The minimum Gasteiger partial charge on any atom is -0.451 e. The molecule has 7 heteroatoms. The molecule has 3 fully saturated rings. The molecule has 6 nitrogen and oxygen atoms in total. The fourth-order valence-corrected chi connectivity index (χ4v) is 6.80. The molecule has 1 heterocycles. The van der Waals surface area contributed by atoms with Gasteiger partial charge in [0, 0.05) is 10.6 Å². The van der Waals surface area contributed by atoms with E-state index in [0.717, 1.165) is 12.8 Å². The van der Waals surface area contributed by atoms with E-state index >= 15 is 0 Å². The Morgan fingerprint density at radius 3 is 2.16 bits per heavy atom. The molecular formula is C31H26ClNO5. The van der Waals surface area contributed by atoms with Crippen molar-refractivity contribution in [2.45, 2.75) is 31.8 Å². The number of halogens is 1. The van der Waals surface area contributed by atoms with Crippen LogP contribution in [0, 0.1) is 23.7 Å². The summed E-state index contributed by atoms with van der Waals surface area (Å²) in [5, 5.41) is 0.508. The van der Waals surface area contributed by atoms with Crippen LogP contribution in [-0.4, -0.2) is 29.7 Å². The molecule has 2 bridgehead atoms. The maximum Gasteiger partial charge on any atom is 0.338 e. The second kappa shape index (κ2) is 9.52. The maximum atomic E-state index is 13.5. The van der Waals surface area contributed by atoms with Gasteiger partial charge < -0.3 is 4.74 Å². The van der Waals surface area contributed by atoms with Gasteiger partial charge in [0.05, 0.1) is 23.1 Å². The minimum absolute atomic E-state index is 0.142. The lowest BCUT2D eigenvalue weighted by Gasteiger charge is -2.28. The topological polar surface area (TPSA) is 80.8 Å². The number of hydrogen-bond donors (Lipinski definition) is 0. The molecule has 1 aliphatic heterocycles. The van der Waals surface area contributed by atoms with E-state index in [9.17, 15) is 19.2 Å². The molecule has 1 saturated heterocycles. The van der Waals surface area contributed by atoms with Crippen molar-refractivity contribution < 1.29 is 23.9 Å². The second-order valence-corrected chi connectivity index (χ2v) is 10.9. The highest BCUT2D eigenvalue weighted by Gasteiger charge is 2.64. The van der Waals surface area contributed by atoms with Gasteiger partial charge in [-0.25, -0.2) is 4.79 Å². The number of benzene rings is 3. The summed E-state index contributed by atoms with van der Waals surface area (Å²) in [6.45, 7) is 1.51. The lowest BCUT2D eigenvalue weighted by atomic mass is 9.73. The molecule has 0 unspecified atom stereocenters. The van der Waals surface area contributed by atoms with Gasteiger partial charge in [0.2, 0.25) is 17.6 Å². The zero-order valence-corrected chi connectivity index (χ0v) is 21.5.